The zero-order valence-corrected chi connectivity index (χ0v) is 14.5. The Balaban J connectivity index is 1.78. The quantitative estimate of drug-likeness (QED) is 0.489. The van der Waals surface area contributed by atoms with Crippen molar-refractivity contribution in [2.45, 2.75) is 23.3 Å². The fraction of sp³-hybridized carbons (Fsp3) is 0.222. The summed E-state index contributed by atoms with van der Waals surface area (Å²) in [6, 6.07) is 11.3. The first-order chi connectivity index (χ1) is 12.3. The largest absolute Gasteiger partial charge is 0.378 e. The molecule has 0 bridgehead atoms. The minimum atomic E-state index is -3.77. The van der Waals surface area contributed by atoms with Crippen molar-refractivity contribution in [2.24, 2.45) is 11.1 Å². The van der Waals surface area contributed by atoms with Crippen LogP contribution in [-0.2, 0) is 10.0 Å². The molecule has 2 aromatic carbocycles. The fourth-order valence-electron chi connectivity index (χ4n) is 3.91. The van der Waals surface area contributed by atoms with Crippen molar-refractivity contribution in [3.8, 4) is 0 Å². The Kier molecular flexibility index (Phi) is 3.82. The number of non-ortho nitro benzene ring substituents is 1. The first-order valence-corrected chi connectivity index (χ1v) is 9.73. The van der Waals surface area contributed by atoms with Gasteiger partial charge < -0.3 is 5.32 Å². The number of nitro benzene ring substituents is 1. The van der Waals surface area contributed by atoms with E-state index in [2.05, 4.69) is 17.5 Å². The van der Waals surface area contributed by atoms with E-state index in [9.17, 15) is 18.5 Å². The summed E-state index contributed by atoms with van der Waals surface area (Å²) in [5, 5.41) is 19.8. The van der Waals surface area contributed by atoms with Gasteiger partial charge in [-0.2, -0.15) is 0 Å². The Morgan fingerprint density at radius 2 is 2.00 bits per heavy atom. The molecule has 0 saturated heterocycles. The van der Waals surface area contributed by atoms with Crippen molar-refractivity contribution >= 4 is 21.4 Å². The molecule has 0 radical (unpaired) electrons. The van der Waals surface area contributed by atoms with E-state index in [1.807, 2.05) is 6.07 Å². The van der Waals surface area contributed by atoms with E-state index < -0.39 is 14.9 Å². The average Bonchev–Trinajstić information content (AvgIpc) is 3.10. The van der Waals surface area contributed by atoms with Crippen LogP contribution in [0.4, 0.5) is 11.4 Å². The van der Waals surface area contributed by atoms with Crippen molar-refractivity contribution in [1.29, 1.82) is 0 Å². The number of nitrogens with one attached hydrogen (secondary N) is 1. The summed E-state index contributed by atoms with van der Waals surface area (Å²) in [4.78, 5) is 10.8. The average molecular weight is 371 g/mol. The number of nitrogens with zero attached hydrogens (tertiary/aromatic N) is 1. The van der Waals surface area contributed by atoms with Crippen molar-refractivity contribution in [3.05, 3.63) is 75.9 Å². The maximum Gasteiger partial charge on any atom is 0.269 e. The van der Waals surface area contributed by atoms with Crippen LogP contribution in [0, 0.1) is 16.0 Å². The van der Waals surface area contributed by atoms with Crippen LogP contribution in [0.3, 0.4) is 0 Å². The molecule has 3 atom stereocenters. The van der Waals surface area contributed by atoms with Gasteiger partial charge in [0.1, 0.15) is 0 Å². The van der Waals surface area contributed by atoms with E-state index in [0.717, 1.165) is 23.2 Å². The Morgan fingerprint density at radius 3 is 2.73 bits per heavy atom. The summed E-state index contributed by atoms with van der Waals surface area (Å²) in [7, 11) is -3.77. The number of hydrogen-bond acceptors (Lipinski definition) is 5. The maximum atomic E-state index is 11.7. The smallest absolute Gasteiger partial charge is 0.269 e. The highest BCUT2D eigenvalue weighted by Crippen LogP contribution is 2.50. The molecule has 2 aliphatic rings. The molecule has 4 rings (SSSR count). The third-order valence-corrected chi connectivity index (χ3v) is 6.01. The predicted molar refractivity (Wildman–Crippen MR) is 97.3 cm³/mol. The van der Waals surface area contributed by atoms with Crippen molar-refractivity contribution in [1.82, 2.24) is 0 Å². The van der Waals surface area contributed by atoms with E-state index >= 15 is 0 Å². The van der Waals surface area contributed by atoms with Crippen molar-refractivity contribution in [2.75, 3.05) is 5.32 Å². The molecule has 26 heavy (non-hydrogen) atoms. The SMILES string of the molecule is NS(=O)(=O)c1ccc2c(c1)[C@@H]1C=CC[C@H]1[C@@H](c1cccc([N+](=O)[O-])c1)N2. The summed E-state index contributed by atoms with van der Waals surface area (Å²) in [5.74, 6) is 0.192. The number of sulfonamides is 1. The van der Waals surface area contributed by atoms with Gasteiger partial charge in [-0.3, -0.25) is 10.1 Å². The minimum Gasteiger partial charge on any atom is -0.378 e. The Labute approximate surface area is 150 Å². The van der Waals surface area contributed by atoms with Gasteiger partial charge in [0.15, 0.2) is 0 Å². The first-order valence-electron chi connectivity index (χ1n) is 8.19. The standard InChI is InChI=1S/C18H17N3O4S/c19-26(24,25)13-7-8-17-16(10-13)14-5-2-6-15(14)18(20-17)11-3-1-4-12(9-11)21(22)23/h1-5,7-10,14-15,18,20H,6H2,(H2,19,24,25)/t14-,15-,18-/m1/s1. The molecule has 0 saturated carbocycles. The number of nitro groups is 1. The second-order valence-corrected chi connectivity index (χ2v) is 8.18. The lowest BCUT2D eigenvalue weighted by Gasteiger charge is -2.37. The van der Waals surface area contributed by atoms with Crippen LogP contribution in [0.2, 0.25) is 0 Å². The summed E-state index contributed by atoms with van der Waals surface area (Å²) in [5.41, 5.74) is 2.61. The van der Waals surface area contributed by atoms with Gasteiger partial charge in [0.05, 0.1) is 15.9 Å². The molecule has 8 heteroatoms. The fourth-order valence-corrected chi connectivity index (χ4v) is 4.46. The lowest BCUT2D eigenvalue weighted by Crippen LogP contribution is -2.29. The predicted octanol–water partition coefficient (Wildman–Crippen LogP) is 3.07. The number of hydrogen-bond donors (Lipinski definition) is 2. The molecule has 7 nitrogen and oxygen atoms in total. The summed E-state index contributed by atoms with van der Waals surface area (Å²) in [6.45, 7) is 0. The van der Waals surface area contributed by atoms with Gasteiger partial charge in [-0.05, 0) is 41.7 Å². The molecule has 2 aromatic rings. The lowest BCUT2D eigenvalue weighted by molar-refractivity contribution is -0.384. The van der Waals surface area contributed by atoms with Crippen LogP contribution in [0.25, 0.3) is 0 Å². The lowest BCUT2D eigenvalue weighted by atomic mass is 9.77. The number of nitrogens with two attached hydrogens (primary N) is 1. The zero-order chi connectivity index (χ0) is 18.5. The van der Waals surface area contributed by atoms with Gasteiger partial charge in [-0.15, -0.1) is 0 Å². The molecule has 1 aliphatic heterocycles. The maximum absolute atomic E-state index is 11.7. The number of fused-ring (bicyclic) bond motifs is 3. The van der Waals surface area contributed by atoms with E-state index in [1.165, 1.54) is 12.1 Å². The van der Waals surface area contributed by atoms with Gasteiger partial charge in [0.25, 0.3) is 5.69 Å². The summed E-state index contributed by atoms with van der Waals surface area (Å²) in [6.07, 6.45) is 4.95. The Hall–Kier alpha value is -2.71. The highest BCUT2D eigenvalue weighted by atomic mass is 32.2. The molecule has 0 spiro atoms. The van der Waals surface area contributed by atoms with Gasteiger partial charge in [-0.1, -0.05) is 24.3 Å². The number of allylic oxidation sites excluding steroid dienone is 2. The van der Waals surface area contributed by atoms with Crippen LogP contribution in [0.15, 0.2) is 59.5 Å². The van der Waals surface area contributed by atoms with E-state index in [0.29, 0.717) is 0 Å². The topological polar surface area (TPSA) is 115 Å². The monoisotopic (exact) mass is 371 g/mol. The van der Waals surface area contributed by atoms with Gasteiger partial charge in [-0.25, -0.2) is 13.6 Å². The third kappa shape index (κ3) is 2.77. The normalized spacial score (nSPS) is 23.8. The van der Waals surface area contributed by atoms with Crippen LogP contribution in [0.5, 0.6) is 0 Å². The van der Waals surface area contributed by atoms with Gasteiger partial charge in [0, 0.05) is 23.7 Å². The zero-order valence-electron chi connectivity index (χ0n) is 13.7. The van der Waals surface area contributed by atoms with E-state index in [-0.39, 0.29) is 28.5 Å². The van der Waals surface area contributed by atoms with Crippen LogP contribution in [0.1, 0.15) is 29.5 Å². The van der Waals surface area contributed by atoms with Gasteiger partial charge >= 0.3 is 0 Å². The summed E-state index contributed by atoms with van der Waals surface area (Å²) < 4.78 is 23.3. The van der Waals surface area contributed by atoms with Crippen LogP contribution in [-0.4, -0.2) is 13.3 Å². The molecule has 134 valence electrons. The Morgan fingerprint density at radius 1 is 1.19 bits per heavy atom. The second-order valence-electron chi connectivity index (χ2n) is 6.62. The van der Waals surface area contributed by atoms with Crippen LogP contribution < -0.4 is 10.5 Å². The highest BCUT2D eigenvalue weighted by molar-refractivity contribution is 7.89. The summed E-state index contributed by atoms with van der Waals surface area (Å²) >= 11 is 0. The molecule has 0 unspecified atom stereocenters. The van der Waals surface area contributed by atoms with E-state index in [4.69, 9.17) is 5.14 Å². The Bertz CT molecular complexity index is 1030. The molecule has 1 heterocycles. The van der Waals surface area contributed by atoms with E-state index in [1.54, 1.807) is 24.3 Å². The first kappa shape index (κ1) is 16.7. The minimum absolute atomic E-state index is 0.0391. The molecule has 1 aliphatic carbocycles. The number of benzene rings is 2. The molecular weight excluding hydrogens is 354 g/mol. The second kappa shape index (κ2) is 5.93. The van der Waals surface area contributed by atoms with Crippen molar-refractivity contribution in [3.63, 3.8) is 0 Å². The molecule has 0 aromatic heterocycles. The molecule has 0 fully saturated rings. The number of rotatable bonds is 3. The third-order valence-electron chi connectivity index (χ3n) is 5.10. The molecule has 3 N–H and O–H groups in total. The van der Waals surface area contributed by atoms with Crippen LogP contribution >= 0.6 is 0 Å². The molecule has 0 amide bonds. The molecular formula is C18H17N3O4S. The number of primary sulfonamides is 1. The number of anilines is 1. The van der Waals surface area contributed by atoms with Crippen molar-refractivity contribution < 1.29 is 13.3 Å². The van der Waals surface area contributed by atoms with Gasteiger partial charge in [0.2, 0.25) is 10.0 Å². The highest BCUT2D eigenvalue weighted by Gasteiger charge is 2.38.